The smallest absolute Gasteiger partial charge is 0.0246 e. The third-order valence-corrected chi connectivity index (χ3v) is 3.72. The predicted molar refractivity (Wildman–Crippen MR) is 50.6 cm³/mol. The highest BCUT2D eigenvalue weighted by Gasteiger charge is 2.53. The first-order chi connectivity index (χ1) is 5.17. The molecule has 11 heavy (non-hydrogen) atoms. The molecule has 0 spiro atoms. The molecule has 2 atom stereocenters. The summed E-state index contributed by atoms with van der Waals surface area (Å²) >= 11 is 0. The van der Waals surface area contributed by atoms with Crippen LogP contribution >= 0.6 is 0 Å². The summed E-state index contributed by atoms with van der Waals surface area (Å²) in [5, 5.41) is 0. The first-order valence-corrected chi connectivity index (χ1v) is 5.17. The molecule has 0 bridgehead atoms. The minimum atomic E-state index is 0.760. The molecule has 0 aromatic rings. The van der Waals surface area contributed by atoms with Crippen molar-refractivity contribution in [3.05, 3.63) is 0 Å². The summed E-state index contributed by atoms with van der Waals surface area (Å²) in [6, 6.07) is 0. The van der Waals surface area contributed by atoms with Crippen molar-refractivity contribution in [3.8, 4) is 0 Å². The van der Waals surface area contributed by atoms with Crippen molar-refractivity contribution in [2.45, 2.75) is 53.4 Å². The predicted octanol–water partition coefficient (Wildman–Crippen LogP) is 3.86. The molecule has 1 aliphatic rings. The Labute approximate surface area is 71.4 Å². The highest BCUT2D eigenvalue weighted by atomic mass is 14.6. The molecule has 0 N–H and O–H groups in total. The van der Waals surface area contributed by atoms with Gasteiger partial charge < -0.3 is 0 Å². The fraction of sp³-hybridized carbons (Fsp3) is 1.00. The van der Waals surface area contributed by atoms with Gasteiger partial charge in [-0.1, -0.05) is 40.5 Å². The zero-order valence-electron chi connectivity index (χ0n) is 8.48. The van der Waals surface area contributed by atoms with E-state index in [4.69, 9.17) is 0 Å². The van der Waals surface area contributed by atoms with E-state index in [9.17, 15) is 0 Å². The maximum absolute atomic E-state index is 2.39. The van der Waals surface area contributed by atoms with Crippen LogP contribution in [0.15, 0.2) is 0 Å². The lowest BCUT2D eigenvalue weighted by Crippen LogP contribution is -2.11. The van der Waals surface area contributed by atoms with Crippen LogP contribution in [0, 0.1) is 17.3 Å². The van der Waals surface area contributed by atoms with E-state index in [0.717, 1.165) is 17.3 Å². The topological polar surface area (TPSA) is 0 Å². The standard InChI is InChI=1S/C11H22/c1-5-7-10-8-11(10,6-2)9(3)4/h9-10H,5-8H2,1-4H3. The van der Waals surface area contributed by atoms with Gasteiger partial charge in [-0.25, -0.2) is 0 Å². The minimum absolute atomic E-state index is 0.760. The van der Waals surface area contributed by atoms with Crippen LogP contribution in [0.3, 0.4) is 0 Å². The fourth-order valence-electron chi connectivity index (χ4n) is 2.69. The third kappa shape index (κ3) is 1.45. The Bertz CT molecular complexity index is 126. The zero-order chi connectivity index (χ0) is 8.48. The lowest BCUT2D eigenvalue weighted by molar-refractivity contribution is 0.305. The average molecular weight is 154 g/mol. The molecular formula is C11H22. The van der Waals surface area contributed by atoms with Crippen LogP contribution in [0.1, 0.15) is 53.4 Å². The molecule has 2 unspecified atom stereocenters. The van der Waals surface area contributed by atoms with Crippen molar-refractivity contribution >= 4 is 0 Å². The van der Waals surface area contributed by atoms with E-state index in [1.54, 1.807) is 0 Å². The Balaban J connectivity index is 2.43. The van der Waals surface area contributed by atoms with E-state index in [1.807, 2.05) is 0 Å². The SMILES string of the molecule is CCCC1CC1(CC)C(C)C. The van der Waals surface area contributed by atoms with E-state index in [2.05, 4.69) is 27.7 Å². The van der Waals surface area contributed by atoms with Crippen molar-refractivity contribution in [1.29, 1.82) is 0 Å². The summed E-state index contributed by atoms with van der Waals surface area (Å²) in [5.74, 6) is 1.97. The molecule has 1 aliphatic carbocycles. The molecule has 0 aromatic carbocycles. The summed E-state index contributed by atoms with van der Waals surface area (Å²) in [7, 11) is 0. The van der Waals surface area contributed by atoms with Crippen molar-refractivity contribution in [2.75, 3.05) is 0 Å². The Hall–Kier alpha value is 0. The molecule has 1 saturated carbocycles. The summed E-state index contributed by atoms with van der Waals surface area (Å²) in [6.45, 7) is 9.44. The molecule has 0 heteroatoms. The largest absolute Gasteiger partial charge is 0.0654 e. The van der Waals surface area contributed by atoms with Gasteiger partial charge in [0.2, 0.25) is 0 Å². The van der Waals surface area contributed by atoms with Gasteiger partial charge in [-0.2, -0.15) is 0 Å². The quantitative estimate of drug-likeness (QED) is 0.577. The van der Waals surface area contributed by atoms with Crippen LogP contribution in [0.5, 0.6) is 0 Å². The highest BCUT2D eigenvalue weighted by Crippen LogP contribution is 2.61. The minimum Gasteiger partial charge on any atom is -0.0654 e. The number of hydrogen-bond donors (Lipinski definition) is 0. The van der Waals surface area contributed by atoms with Gasteiger partial charge in [-0.05, 0) is 30.1 Å². The molecule has 0 amide bonds. The molecule has 1 fully saturated rings. The summed E-state index contributed by atoms with van der Waals surface area (Å²) in [5.41, 5.74) is 0.760. The lowest BCUT2D eigenvalue weighted by Gasteiger charge is -2.19. The van der Waals surface area contributed by atoms with Crippen molar-refractivity contribution in [1.82, 2.24) is 0 Å². The normalized spacial score (nSPS) is 36.3. The van der Waals surface area contributed by atoms with E-state index in [0.29, 0.717) is 0 Å². The van der Waals surface area contributed by atoms with Crippen LogP contribution < -0.4 is 0 Å². The van der Waals surface area contributed by atoms with Gasteiger partial charge >= 0.3 is 0 Å². The van der Waals surface area contributed by atoms with E-state index in [-0.39, 0.29) is 0 Å². The Morgan fingerprint density at radius 3 is 2.27 bits per heavy atom. The molecule has 0 aromatic heterocycles. The number of hydrogen-bond acceptors (Lipinski definition) is 0. The van der Waals surface area contributed by atoms with Crippen LogP contribution in [-0.4, -0.2) is 0 Å². The maximum Gasteiger partial charge on any atom is -0.0246 e. The Kier molecular flexibility index (Phi) is 2.61. The molecule has 1 rings (SSSR count). The van der Waals surface area contributed by atoms with Gasteiger partial charge in [0.15, 0.2) is 0 Å². The van der Waals surface area contributed by atoms with Gasteiger partial charge in [0.25, 0.3) is 0 Å². The summed E-state index contributed by atoms with van der Waals surface area (Å²) in [4.78, 5) is 0. The molecular weight excluding hydrogens is 132 g/mol. The first-order valence-electron chi connectivity index (χ1n) is 5.17. The van der Waals surface area contributed by atoms with Gasteiger partial charge in [0.1, 0.15) is 0 Å². The van der Waals surface area contributed by atoms with Crippen LogP contribution in [0.2, 0.25) is 0 Å². The third-order valence-electron chi connectivity index (χ3n) is 3.72. The van der Waals surface area contributed by atoms with Gasteiger partial charge in [0.05, 0.1) is 0 Å². The summed E-state index contributed by atoms with van der Waals surface area (Å²) in [6.07, 6.45) is 5.75. The average Bonchev–Trinajstić information content (AvgIpc) is 2.65. The highest BCUT2D eigenvalue weighted by molar-refractivity contribution is 5.02. The van der Waals surface area contributed by atoms with E-state index >= 15 is 0 Å². The van der Waals surface area contributed by atoms with E-state index in [1.165, 1.54) is 25.7 Å². The van der Waals surface area contributed by atoms with Gasteiger partial charge in [-0.3, -0.25) is 0 Å². The second kappa shape index (κ2) is 3.16. The van der Waals surface area contributed by atoms with Crippen LogP contribution in [-0.2, 0) is 0 Å². The van der Waals surface area contributed by atoms with Crippen molar-refractivity contribution in [2.24, 2.45) is 17.3 Å². The van der Waals surface area contributed by atoms with Crippen LogP contribution in [0.4, 0.5) is 0 Å². The monoisotopic (exact) mass is 154 g/mol. The molecule has 0 radical (unpaired) electrons. The Morgan fingerprint density at radius 2 is 2.00 bits per heavy atom. The van der Waals surface area contributed by atoms with Crippen molar-refractivity contribution < 1.29 is 0 Å². The first kappa shape index (κ1) is 9.09. The second-order valence-electron chi connectivity index (χ2n) is 4.43. The number of rotatable bonds is 4. The molecule has 0 saturated heterocycles. The Morgan fingerprint density at radius 1 is 1.36 bits per heavy atom. The second-order valence-corrected chi connectivity index (χ2v) is 4.43. The molecule has 0 heterocycles. The molecule has 0 aliphatic heterocycles. The van der Waals surface area contributed by atoms with Gasteiger partial charge in [-0.15, -0.1) is 0 Å². The zero-order valence-corrected chi connectivity index (χ0v) is 8.48. The molecule has 66 valence electrons. The maximum atomic E-state index is 2.39. The molecule has 0 nitrogen and oxygen atoms in total. The van der Waals surface area contributed by atoms with Gasteiger partial charge in [0, 0.05) is 0 Å². The van der Waals surface area contributed by atoms with Crippen molar-refractivity contribution in [3.63, 3.8) is 0 Å². The van der Waals surface area contributed by atoms with E-state index < -0.39 is 0 Å². The summed E-state index contributed by atoms with van der Waals surface area (Å²) < 4.78 is 0. The van der Waals surface area contributed by atoms with Crippen LogP contribution in [0.25, 0.3) is 0 Å². The fourth-order valence-corrected chi connectivity index (χ4v) is 2.69. The lowest BCUT2D eigenvalue weighted by atomic mass is 9.86.